The van der Waals surface area contributed by atoms with Gasteiger partial charge in [-0.3, -0.25) is 14.3 Å². The smallest absolute Gasteiger partial charge is 0.262 e. The maximum atomic E-state index is 13.2. The number of pyridine rings is 1. The zero-order chi connectivity index (χ0) is 20.2. The van der Waals surface area contributed by atoms with Gasteiger partial charge in [0.05, 0.1) is 29.6 Å². The Morgan fingerprint density at radius 3 is 2.76 bits per heavy atom. The van der Waals surface area contributed by atoms with Gasteiger partial charge in [0.1, 0.15) is 5.75 Å². The zero-order valence-corrected chi connectivity index (χ0v) is 17.3. The van der Waals surface area contributed by atoms with Crippen molar-refractivity contribution < 1.29 is 4.74 Å². The number of aromatic nitrogens is 3. The molecule has 2 aromatic heterocycles. The summed E-state index contributed by atoms with van der Waals surface area (Å²) in [7, 11) is 1.59. The summed E-state index contributed by atoms with van der Waals surface area (Å²) in [5, 5.41) is 1.81. The molecule has 4 rings (SSSR count). The lowest BCUT2D eigenvalue weighted by Gasteiger charge is -2.14. The molecule has 2 heterocycles. The fraction of sp³-hybridized carbons (Fsp3) is 0.136. The van der Waals surface area contributed by atoms with E-state index in [1.54, 1.807) is 30.1 Å². The molecule has 5 nitrogen and oxygen atoms in total. The minimum Gasteiger partial charge on any atom is -0.495 e. The summed E-state index contributed by atoms with van der Waals surface area (Å²) in [5.74, 6) is 1.19. The van der Waals surface area contributed by atoms with Gasteiger partial charge < -0.3 is 4.74 Å². The van der Waals surface area contributed by atoms with Crippen LogP contribution in [-0.2, 0) is 12.3 Å². The largest absolute Gasteiger partial charge is 0.495 e. The lowest BCUT2D eigenvalue weighted by Crippen LogP contribution is -2.24. The van der Waals surface area contributed by atoms with Crippen LogP contribution in [0.15, 0.2) is 76.9 Å². The Morgan fingerprint density at radius 1 is 1.10 bits per heavy atom. The van der Waals surface area contributed by atoms with E-state index in [1.165, 1.54) is 11.8 Å². The van der Waals surface area contributed by atoms with Crippen LogP contribution in [0.4, 0.5) is 0 Å². The molecule has 0 radical (unpaired) electrons. The number of para-hydroxylation sites is 1. The zero-order valence-electron chi connectivity index (χ0n) is 15.7. The van der Waals surface area contributed by atoms with E-state index in [4.69, 9.17) is 21.3 Å². The second-order valence-corrected chi connectivity index (χ2v) is 7.71. The van der Waals surface area contributed by atoms with E-state index in [0.29, 0.717) is 39.1 Å². The van der Waals surface area contributed by atoms with Crippen molar-refractivity contribution in [2.24, 2.45) is 0 Å². The monoisotopic (exact) mass is 423 g/mol. The Kier molecular flexibility index (Phi) is 5.83. The van der Waals surface area contributed by atoms with Crippen molar-refractivity contribution in [2.45, 2.75) is 17.5 Å². The number of hydrogen-bond acceptors (Lipinski definition) is 5. The molecule has 146 valence electrons. The van der Waals surface area contributed by atoms with Crippen LogP contribution in [0.5, 0.6) is 5.75 Å². The molecule has 0 saturated carbocycles. The maximum Gasteiger partial charge on any atom is 0.262 e. The molecule has 7 heteroatoms. The topological polar surface area (TPSA) is 57.0 Å². The second-order valence-electron chi connectivity index (χ2n) is 6.39. The molecule has 29 heavy (non-hydrogen) atoms. The molecule has 0 aliphatic carbocycles. The fourth-order valence-corrected chi connectivity index (χ4v) is 4.38. The summed E-state index contributed by atoms with van der Waals surface area (Å²) in [4.78, 5) is 22.1. The third kappa shape index (κ3) is 4.13. The summed E-state index contributed by atoms with van der Waals surface area (Å²) >= 11 is 7.91. The molecule has 0 fully saturated rings. The summed E-state index contributed by atoms with van der Waals surface area (Å²) in [6, 6.07) is 16.9. The van der Waals surface area contributed by atoms with Crippen molar-refractivity contribution in [3.05, 3.63) is 93.5 Å². The van der Waals surface area contributed by atoms with Gasteiger partial charge in [0.2, 0.25) is 0 Å². The van der Waals surface area contributed by atoms with Crippen LogP contribution in [0.25, 0.3) is 10.9 Å². The second kappa shape index (κ2) is 8.68. The number of ether oxygens (including phenoxy) is 1. The number of fused-ring (bicyclic) bond motifs is 1. The summed E-state index contributed by atoms with van der Waals surface area (Å²) in [6.45, 7) is 0.401. The molecule has 0 atom stereocenters. The van der Waals surface area contributed by atoms with Crippen LogP contribution in [0.3, 0.4) is 0 Å². The van der Waals surface area contributed by atoms with Crippen LogP contribution in [0, 0.1) is 0 Å². The first-order valence-electron chi connectivity index (χ1n) is 9.00. The van der Waals surface area contributed by atoms with Crippen molar-refractivity contribution >= 4 is 34.3 Å². The molecule has 0 amide bonds. The molecular weight excluding hydrogens is 406 g/mol. The minimum absolute atomic E-state index is 0.0707. The number of benzene rings is 2. The predicted molar refractivity (Wildman–Crippen MR) is 117 cm³/mol. The Hall–Kier alpha value is -2.83. The van der Waals surface area contributed by atoms with Crippen LogP contribution in [0.1, 0.15) is 11.1 Å². The Morgan fingerprint density at radius 2 is 1.97 bits per heavy atom. The summed E-state index contributed by atoms with van der Waals surface area (Å²) in [5.41, 5.74) is 2.47. The van der Waals surface area contributed by atoms with Crippen molar-refractivity contribution in [3.63, 3.8) is 0 Å². The SMILES string of the molecule is COc1cccc(CSc2nc3ccccc3c(=O)n2Cc2cccnc2)c1Cl. The Balaban J connectivity index is 1.74. The normalized spacial score (nSPS) is 11.0. The van der Waals surface area contributed by atoms with E-state index in [0.717, 1.165) is 11.1 Å². The third-order valence-electron chi connectivity index (χ3n) is 4.51. The molecule has 0 N–H and O–H groups in total. The highest BCUT2D eigenvalue weighted by Gasteiger charge is 2.14. The van der Waals surface area contributed by atoms with Gasteiger partial charge in [-0.25, -0.2) is 4.98 Å². The molecule has 0 saturated heterocycles. The van der Waals surface area contributed by atoms with Crippen molar-refractivity contribution in [2.75, 3.05) is 7.11 Å². The number of nitrogens with zero attached hydrogens (tertiary/aromatic N) is 3. The van der Waals surface area contributed by atoms with Crippen LogP contribution < -0.4 is 10.3 Å². The van der Waals surface area contributed by atoms with Crippen molar-refractivity contribution in [1.29, 1.82) is 0 Å². The Bertz CT molecular complexity index is 1210. The number of methoxy groups -OCH3 is 1. The van der Waals surface area contributed by atoms with E-state index in [2.05, 4.69) is 4.98 Å². The Labute approximate surface area is 177 Å². The van der Waals surface area contributed by atoms with Gasteiger partial charge in [-0.2, -0.15) is 0 Å². The first-order valence-corrected chi connectivity index (χ1v) is 10.4. The van der Waals surface area contributed by atoms with E-state index >= 15 is 0 Å². The van der Waals surface area contributed by atoms with Gasteiger partial charge in [0.25, 0.3) is 5.56 Å². The predicted octanol–water partition coefficient (Wildman–Crippen LogP) is 4.79. The number of rotatable bonds is 6. The molecule has 2 aromatic carbocycles. The first-order chi connectivity index (χ1) is 14.2. The average Bonchev–Trinajstić information content (AvgIpc) is 2.76. The van der Waals surface area contributed by atoms with E-state index in [1.807, 2.05) is 48.5 Å². The number of halogens is 1. The highest BCUT2D eigenvalue weighted by molar-refractivity contribution is 7.98. The van der Waals surface area contributed by atoms with Gasteiger partial charge in [-0.1, -0.05) is 53.7 Å². The average molecular weight is 424 g/mol. The van der Waals surface area contributed by atoms with E-state index in [9.17, 15) is 4.79 Å². The molecule has 4 aromatic rings. The number of hydrogen-bond donors (Lipinski definition) is 0. The number of thioether (sulfide) groups is 1. The highest BCUT2D eigenvalue weighted by atomic mass is 35.5. The highest BCUT2D eigenvalue weighted by Crippen LogP contribution is 2.32. The lowest BCUT2D eigenvalue weighted by molar-refractivity contribution is 0.414. The van der Waals surface area contributed by atoms with Crippen LogP contribution >= 0.6 is 23.4 Å². The van der Waals surface area contributed by atoms with Gasteiger partial charge in [-0.05, 0) is 35.4 Å². The molecule has 0 unspecified atom stereocenters. The van der Waals surface area contributed by atoms with Crippen LogP contribution in [-0.4, -0.2) is 21.6 Å². The summed E-state index contributed by atoms with van der Waals surface area (Å²) < 4.78 is 6.99. The van der Waals surface area contributed by atoms with E-state index < -0.39 is 0 Å². The van der Waals surface area contributed by atoms with Gasteiger partial charge >= 0.3 is 0 Å². The molecule has 0 bridgehead atoms. The standard InChI is InChI=1S/C22H18ClN3O2S/c1-28-19-10-4-7-16(20(19)23)14-29-22-25-18-9-3-2-8-17(18)21(27)26(22)13-15-6-5-11-24-12-15/h2-12H,13-14H2,1H3. The lowest BCUT2D eigenvalue weighted by atomic mass is 10.2. The molecule has 0 aliphatic heterocycles. The molecule has 0 spiro atoms. The van der Waals surface area contributed by atoms with E-state index in [-0.39, 0.29) is 5.56 Å². The third-order valence-corrected chi connectivity index (χ3v) is 5.96. The van der Waals surface area contributed by atoms with Gasteiger partial charge in [0.15, 0.2) is 5.16 Å². The quantitative estimate of drug-likeness (QED) is 0.329. The maximum absolute atomic E-state index is 13.2. The minimum atomic E-state index is -0.0707. The molecule has 0 aliphatic rings. The van der Waals surface area contributed by atoms with Crippen molar-refractivity contribution in [3.8, 4) is 5.75 Å². The summed E-state index contributed by atoms with van der Waals surface area (Å²) in [6.07, 6.45) is 3.47. The first kappa shape index (κ1) is 19.5. The van der Waals surface area contributed by atoms with Gasteiger partial charge in [-0.15, -0.1) is 0 Å². The fourth-order valence-electron chi connectivity index (χ4n) is 3.04. The van der Waals surface area contributed by atoms with Crippen molar-refractivity contribution in [1.82, 2.24) is 14.5 Å². The van der Waals surface area contributed by atoms with Crippen LogP contribution in [0.2, 0.25) is 5.02 Å². The molecular formula is C22H18ClN3O2S. The van der Waals surface area contributed by atoms with Gasteiger partial charge in [0, 0.05) is 18.1 Å².